The van der Waals surface area contributed by atoms with Crippen molar-refractivity contribution < 1.29 is 9.90 Å². The molecule has 0 aromatic heterocycles. The number of rotatable bonds is 4. The van der Waals surface area contributed by atoms with Crippen molar-refractivity contribution in [3.8, 4) is 0 Å². The maximum atomic E-state index is 11.1. The number of aromatic carboxylic acids is 1. The standard InChI is InChI=1S/C23H27NO2/c1-6-24(18-9-7-17(8-10-18)22(25)26)21-14-19-15(2)11-12-23(4,5)20(19)13-16(21)3/h7-11,13-14H,6,12H2,1-5H3,(H,25,26). The fraction of sp³-hybridized carbons (Fsp3) is 0.348. The van der Waals surface area contributed by atoms with Crippen molar-refractivity contribution >= 4 is 22.9 Å². The lowest BCUT2D eigenvalue weighted by Gasteiger charge is -2.34. The molecule has 0 heterocycles. The SMILES string of the molecule is CCN(c1ccc(C(=O)O)cc1)c1cc2c(cc1C)C(C)(C)CC=C2C. The zero-order valence-electron chi connectivity index (χ0n) is 16.3. The average molecular weight is 349 g/mol. The van der Waals surface area contributed by atoms with Gasteiger partial charge in [-0.15, -0.1) is 0 Å². The van der Waals surface area contributed by atoms with Crippen LogP contribution in [0, 0.1) is 6.92 Å². The van der Waals surface area contributed by atoms with Gasteiger partial charge in [0.1, 0.15) is 0 Å². The normalized spacial score (nSPS) is 15.2. The highest BCUT2D eigenvalue weighted by Crippen LogP contribution is 2.42. The fourth-order valence-corrected chi connectivity index (χ4v) is 3.78. The number of hydrogen-bond donors (Lipinski definition) is 1. The van der Waals surface area contributed by atoms with Gasteiger partial charge in [0.05, 0.1) is 5.56 Å². The van der Waals surface area contributed by atoms with Crippen molar-refractivity contribution in [1.82, 2.24) is 0 Å². The van der Waals surface area contributed by atoms with E-state index in [0.29, 0.717) is 5.56 Å². The molecule has 0 aliphatic heterocycles. The van der Waals surface area contributed by atoms with E-state index in [-0.39, 0.29) is 5.41 Å². The van der Waals surface area contributed by atoms with Gasteiger partial charge in [0.15, 0.2) is 0 Å². The molecule has 2 aromatic carbocycles. The summed E-state index contributed by atoms with van der Waals surface area (Å²) in [6.45, 7) is 11.9. The molecule has 26 heavy (non-hydrogen) atoms. The highest BCUT2D eigenvalue weighted by molar-refractivity contribution is 5.88. The number of nitrogens with zero attached hydrogens (tertiary/aromatic N) is 1. The van der Waals surface area contributed by atoms with E-state index in [1.807, 2.05) is 12.1 Å². The van der Waals surface area contributed by atoms with Crippen LogP contribution in [0.5, 0.6) is 0 Å². The van der Waals surface area contributed by atoms with E-state index in [1.54, 1.807) is 12.1 Å². The number of allylic oxidation sites excluding steroid dienone is 2. The largest absolute Gasteiger partial charge is 0.478 e. The zero-order valence-corrected chi connectivity index (χ0v) is 16.3. The minimum Gasteiger partial charge on any atom is -0.478 e. The fourth-order valence-electron chi connectivity index (χ4n) is 3.78. The van der Waals surface area contributed by atoms with Crippen LogP contribution in [0.15, 0.2) is 42.5 Å². The molecule has 3 rings (SSSR count). The maximum Gasteiger partial charge on any atom is 0.335 e. The van der Waals surface area contributed by atoms with E-state index in [1.165, 1.54) is 28.0 Å². The summed E-state index contributed by atoms with van der Waals surface area (Å²) in [7, 11) is 0. The summed E-state index contributed by atoms with van der Waals surface area (Å²) in [5.41, 5.74) is 7.97. The third-order valence-electron chi connectivity index (χ3n) is 5.44. The van der Waals surface area contributed by atoms with E-state index in [2.05, 4.69) is 57.7 Å². The Morgan fingerprint density at radius 2 is 1.81 bits per heavy atom. The van der Waals surface area contributed by atoms with Crippen molar-refractivity contribution in [3.63, 3.8) is 0 Å². The Balaban J connectivity index is 2.09. The lowest BCUT2D eigenvalue weighted by atomic mass is 9.73. The van der Waals surface area contributed by atoms with Gasteiger partial charge in [0, 0.05) is 17.9 Å². The monoisotopic (exact) mass is 349 g/mol. The van der Waals surface area contributed by atoms with Crippen LogP contribution in [0.25, 0.3) is 5.57 Å². The number of anilines is 2. The van der Waals surface area contributed by atoms with Crippen LogP contribution in [0.1, 0.15) is 61.2 Å². The Labute approximate surface area is 156 Å². The minimum atomic E-state index is -0.896. The summed E-state index contributed by atoms with van der Waals surface area (Å²) in [4.78, 5) is 13.4. The summed E-state index contributed by atoms with van der Waals surface area (Å²) < 4.78 is 0. The van der Waals surface area contributed by atoms with Gasteiger partial charge in [-0.05, 0) is 85.2 Å². The number of aryl methyl sites for hydroxylation is 1. The van der Waals surface area contributed by atoms with Gasteiger partial charge in [0.25, 0.3) is 0 Å². The molecule has 0 saturated heterocycles. The number of carboxylic acids is 1. The smallest absolute Gasteiger partial charge is 0.335 e. The molecule has 0 fully saturated rings. The van der Waals surface area contributed by atoms with E-state index < -0.39 is 5.97 Å². The molecule has 0 unspecified atom stereocenters. The summed E-state index contributed by atoms with van der Waals surface area (Å²) in [6, 6.07) is 11.7. The minimum absolute atomic E-state index is 0.151. The van der Waals surface area contributed by atoms with Gasteiger partial charge < -0.3 is 10.0 Å². The first-order valence-corrected chi connectivity index (χ1v) is 9.17. The van der Waals surface area contributed by atoms with Crippen molar-refractivity contribution in [3.05, 3.63) is 64.7 Å². The second-order valence-electron chi connectivity index (χ2n) is 7.76. The molecule has 1 N–H and O–H groups in total. The van der Waals surface area contributed by atoms with Crippen molar-refractivity contribution in [2.45, 2.75) is 46.5 Å². The summed E-state index contributed by atoms with van der Waals surface area (Å²) in [5.74, 6) is -0.896. The number of fused-ring (bicyclic) bond motifs is 1. The number of carbonyl (C=O) groups is 1. The Kier molecular flexibility index (Phi) is 4.66. The first kappa shape index (κ1) is 18.2. The average Bonchev–Trinajstić information content (AvgIpc) is 2.60. The third-order valence-corrected chi connectivity index (χ3v) is 5.44. The van der Waals surface area contributed by atoms with Gasteiger partial charge in [-0.1, -0.05) is 26.0 Å². The number of benzene rings is 2. The van der Waals surface area contributed by atoms with Gasteiger partial charge in [0.2, 0.25) is 0 Å². The Hall–Kier alpha value is -2.55. The van der Waals surface area contributed by atoms with Crippen molar-refractivity contribution in [2.24, 2.45) is 0 Å². The Morgan fingerprint density at radius 1 is 1.15 bits per heavy atom. The molecule has 0 amide bonds. The highest BCUT2D eigenvalue weighted by Gasteiger charge is 2.28. The van der Waals surface area contributed by atoms with Crippen LogP contribution >= 0.6 is 0 Å². The molecular formula is C23H27NO2. The van der Waals surface area contributed by atoms with Crippen LogP contribution in [0.4, 0.5) is 11.4 Å². The molecule has 0 spiro atoms. The van der Waals surface area contributed by atoms with Gasteiger partial charge >= 0.3 is 5.97 Å². The first-order valence-electron chi connectivity index (χ1n) is 9.17. The highest BCUT2D eigenvalue weighted by atomic mass is 16.4. The first-order chi connectivity index (χ1) is 12.2. The molecule has 0 bridgehead atoms. The number of carboxylic acid groups (broad SMARTS) is 1. The zero-order chi connectivity index (χ0) is 19.1. The van der Waals surface area contributed by atoms with E-state index in [9.17, 15) is 4.79 Å². The Morgan fingerprint density at radius 3 is 2.38 bits per heavy atom. The van der Waals surface area contributed by atoms with E-state index in [4.69, 9.17) is 5.11 Å². The Bertz CT molecular complexity index is 876. The molecule has 1 aliphatic carbocycles. The maximum absolute atomic E-state index is 11.1. The second kappa shape index (κ2) is 6.64. The number of hydrogen-bond acceptors (Lipinski definition) is 2. The van der Waals surface area contributed by atoms with Crippen molar-refractivity contribution in [2.75, 3.05) is 11.4 Å². The molecule has 0 radical (unpaired) electrons. The molecule has 0 saturated carbocycles. The van der Waals surface area contributed by atoms with Crippen LogP contribution in [-0.4, -0.2) is 17.6 Å². The van der Waals surface area contributed by atoms with Crippen LogP contribution in [-0.2, 0) is 5.41 Å². The predicted octanol–water partition coefficient (Wildman–Crippen LogP) is 5.94. The summed E-state index contributed by atoms with van der Waals surface area (Å²) >= 11 is 0. The molecule has 2 aromatic rings. The molecule has 136 valence electrons. The summed E-state index contributed by atoms with van der Waals surface area (Å²) in [6.07, 6.45) is 3.40. The quantitative estimate of drug-likeness (QED) is 0.743. The second-order valence-corrected chi connectivity index (χ2v) is 7.76. The lowest BCUT2D eigenvalue weighted by molar-refractivity contribution is 0.0697. The van der Waals surface area contributed by atoms with Crippen LogP contribution < -0.4 is 4.90 Å². The predicted molar refractivity (Wildman–Crippen MR) is 109 cm³/mol. The molecule has 3 heteroatoms. The van der Waals surface area contributed by atoms with E-state index >= 15 is 0 Å². The van der Waals surface area contributed by atoms with Crippen LogP contribution in [0.3, 0.4) is 0 Å². The molecule has 1 aliphatic rings. The van der Waals surface area contributed by atoms with Gasteiger partial charge in [-0.25, -0.2) is 4.79 Å². The third kappa shape index (κ3) is 3.14. The van der Waals surface area contributed by atoms with Crippen LogP contribution in [0.2, 0.25) is 0 Å². The van der Waals surface area contributed by atoms with E-state index in [0.717, 1.165) is 18.7 Å². The molecule has 3 nitrogen and oxygen atoms in total. The summed E-state index contributed by atoms with van der Waals surface area (Å²) in [5, 5.41) is 9.12. The molecule has 0 atom stereocenters. The van der Waals surface area contributed by atoms with Crippen molar-refractivity contribution in [1.29, 1.82) is 0 Å². The molecular weight excluding hydrogens is 322 g/mol. The lowest BCUT2D eigenvalue weighted by Crippen LogP contribution is -2.23. The van der Waals surface area contributed by atoms with Gasteiger partial charge in [-0.3, -0.25) is 0 Å². The topological polar surface area (TPSA) is 40.5 Å². The van der Waals surface area contributed by atoms with Gasteiger partial charge in [-0.2, -0.15) is 0 Å².